The van der Waals surface area contributed by atoms with Crippen LogP contribution in [0.3, 0.4) is 0 Å². The molecule has 5 aliphatic rings. The highest BCUT2D eigenvalue weighted by Crippen LogP contribution is 2.49. The van der Waals surface area contributed by atoms with Gasteiger partial charge in [-0.3, -0.25) is 43.5 Å². The number of aryl methyl sites for hydroxylation is 5. The van der Waals surface area contributed by atoms with Gasteiger partial charge >= 0.3 is 0 Å². The molecular weight excluding hydrogens is 1320 g/mol. The Morgan fingerprint density at radius 2 is 0.551 bits per heavy atom. The van der Waals surface area contributed by atoms with Gasteiger partial charge in [-0.2, -0.15) is 0 Å². The van der Waals surface area contributed by atoms with Gasteiger partial charge in [-0.15, -0.1) is 0 Å². The van der Waals surface area contributed by atoms with Crippen LogP contribution in [0.1, 0.15) is 118 Å². The number of hydrogen-bond acceptors (Lipinski definition) is 9. The number of nitrogens with zero attached hydrogens (tertiary/aromatic N) is 8. The molecule has 15 heteroatoms. The largest absolute Gasteiger partial charge is 0.314 e. The molecule has 2 aromatic heterocycles. The van der Waals surface area contributed by atoms with E-state index in [-0.39, 0.29) is 61.8 Å². The van der Waals surface area contributed by atoms with Crippen molar-refractivity contribution in [1.29, 1.82) is 0 Å². The van der Waals surface area contributed by atoms with E-state index in [0.29, 0.717) is 33.4 Å². The van der Waals surface area contributed by atoms with Crippen molar-refractivity contribution in [3.8, 4) is 11.4 Å². The maximum Gasteiger partial charge on any atom is 0.261 e. The predicted octanol–water partition coefficient (Wildman–Crippen LogP) is 17.7. The van der Waals surface area contributed by atoms with Gasteiger partial charge in [0.15, 0.2) is 0 Å². The molecule has 107 heavy (non-hydrogen) atoms. The number of fused-ring (bicyclic) bond motifs is 7. The summed E-state index contributed by atoms with van der Waals surface area (Å²) in [5.41, 5.74) is 28.9. The lowest BCUT2D eigenvalue weighted by Gasteiger charge is -2.37. The lowest BCUT2D eigenvalue weighted by Crippen LogP contribution is -2.59. The van der Waals surface area contributed by atoms with Crippen LogP contribution in [0.4, 0.5) is 51.2 Å². The molecule has 0 N–H and O–H groups in total. The first kappa shape index (κ1) is 64.4. The summed E-state index contributed by atoms with van der Waals surface area (Å²) in [5, 5.41) is 2.15. The molecular formula is C92H69BN8O6. The normalized spacial score (nSPS) is 13.7. The number of carbonyl (C=O) groups excluding carboxylic acids is 6. The third-order valence-corrected chi connectivity index (χ3v) is 22.7. The molecule has 0 aliphatic carbocycles. The van der Waals surface area contributed by atoms with E-state index in [9.17, 15) is 28.8 Å². The number of carbonyl (C=O) groups is 6. The molecule has 0 fully saturated rings. The van der Waals surface area contributed by atoms with Gasteiger partial charge in [0.1, 0.15) is 0 Å². The van der Waals surface area contributed by atoms with Crippen molar-refractivity contribution in [3.05, 3.63) is 344 Å². The Hall–Kier alpha value is -13.4. The van der Waals surface area contributed by atoms with Gasteiger partial charge in [0.2, 0.25) is 0 Å². The highest BCUT2D eigenvalue weighted by atomic mass is 16.2. The maximum absolute atomic E-state index is 13.8. The summed E-state index contributed by atoms with van der Waals surface area (Å²) >= 11 is 0. The number of aromatic nitrogens is 2. The van der Waals surface area contributed by atoms with Gasteiger partial charge in [-0.25, -0.2) is 0 Å². The lowest BCUT2D eigenvalue weighted by atomic mass is 9.34. The summed E-state index contributed by atoms with van der Waals surface area (Å²) in [6, 6.07) is 85.5. The van der Waals surface area contributed by atoms with Crippen molar-refractivity contribution in [2.24, 2.45) is 0 Å². The van der Waals surface area contributed by atoms with E-state index < -0.39 is 0 Å². The molecule has 0 atom stereocenters. The second-order valence-electron chi connectivity index (χ2n) is 29.0. The highest BCUT2D eigenvalue weighted by Gasteiger charge is 2.45. The molecule has 12 aromatic carbocycles. The van der Waals surface area contributed by atoms with Crippen LogP contribution in [0.25, 0.3) is 33.2 Å². The third-order valence-electron chi connectivity index (χ3n) is 22.7. The Labute approximate surface area is 618 Å². The Bertz CT molecular complexity index is 5950. The Morgan fingerprint density at radius 3 is 0.832 bits per heavy atom. The number of hydrogen-bond donors (Lipinski definition) is 0. The highest BCUT2D eigenvalue weighted by molar-refractivity contribution is 7.00. The molecule has 0 saturated heterocycles. The van der Waals surface area contributed by atoms with Crippen LogP contribution in [-0.4, -0.2) is 66.0 Å². The summed E-state index contributed by atoms with van der Waals surface area (Å²) in [6.45, 7) is 15.3. The zero-order chi connectivity index (χ0) is 73.1. The van der Waals surface area contributed by atoms with Crippen molar-refractivity contribution in [1.82, 2.24) is 23.8 Å². The zero-order valence-corrected chi connectivity index (χ0v) is 60.0. The van der Waals surface area contributed by atoms with Crippen LogP contribution in [0.5, 0.6) is 0 Å². The van der Waals surface area contributed by atoms with Crippen molar-refractivity contribution in [2.75, 3.05) is 14.7 Å². The molecule has 0 bridgehead atoms. The van der Waals surface area contributed by atoms with E-state index >= 15 is 0 Å². The molecule has 0 spiro atoms. The fraction of sp³-hybridized carbons (Fsp3) is 0.109. The number of imide groups is 3. The molecule has 14 nitrogen and oxygen atoms in total. The number of anilines is 9. The number of benzene rings is 12. The summed E-state index contributed by atoms with van der Waals surface area (Å²) in [4.78, 5) is 93.5. The van der Waals surface area contributed by atoms with Crippen LogP contribution in [0.15, 0.2) is 255 Å². The average molecular weight is 1390 g/mol. The van der Waals surface area contributed by atoms with Gasteiger partial charge in [0.25, 0.3) is 42.2 Å². The van der Waals surface area contributed by atoms with Gasteiger partial charge in [-0.05, 0) is 226 Å². The van der Waals surface area contributed by atoms with Gasteiger partial charge in [0, 0.05) is 67.7 Å². The fourth-order valence-corrected chi connectivity index (χ4v) is 17.1. The van der Waals surface area contributed by atoms with Crippen LogP contribution >= 0.6 is 0 Å². The zero-order valence-electron chi connectivity index (χ0n) is 60.0. The first-order chi connectivity index (χ1) is 52.0. The molecule has 19 rings (SSSR count). The smallest absolute Gasteiger partial charge is 0.261 e. The van der Waals surface area contributed by atoms with Gasteiger partial charge in [0.05, 0.1) is 81.1 Å². The minimum atomic E-state index is -0.322. The second-order valence-corrected chi connectivity index (χ2v) is 29.0. The van der Waals surface area contributed by atoms with E-state index in [1.165, 1.54) is 20.2 Å². The summed E-state index contributed by atoms with van der Waals surface area (Å²) in [7, 11) is 0. The molecule has 5 aliphatic heterocycles. The van der Waals surface area contributed by atoms with Crippen LogP contribution in [-0.2, 0) is 19.6 Å². The summed E-state index contributed by atoms with van der Waals surface area (Å²) in [6.07, 6.45) is 0. The van der Waals surface area contributed by atoms with Crippen molar-refractivity contribution >= 4 is 132 Å². The minimum Gasteiger partial charge on any atom is -0.314 e. The van der Waals surface area contributed by atoms with Gasteiger partial charge in [-0.1, -0.05) is 138 Å². The van der Waals surface area contributed by atoms with Crippen molar-refractivity contribution < 1.29 is 28.8 Å². The molecule has 6 amide bonds. The molecule has 516 valence electrons. The molecule has 14 aromatic rings. The van der Waals surface area contributed by atoms with Gasteiger partial charge < -0.3 is 23.8 Å². The summed E-state index contributed by atoms with van der Waals surface area (Å²) < 4.78 is 5.02. The SMILES string of the molecule is Cc1ccc(N(c2ccc(C)cc2)c2cc3c4c(c2)-n2c(C)c(C)c5c(N(c6ccc(CN7C(=O)c8ccccc8C7=O)cc6)c6ccc(CN7C(=O)c8ccccc8C7=O)cc6)ccc(c52)B4c2ccc(N(c4ccc(C)cc4)c4ccc(CN5C(=O)c6ccccc6C5=O)cc4)c4c(C)c(C)n-3c24)cc1. The van der Waals surface area contributed by atoms with E-state index in [1.54, 1.807) is 72.8 Å². The molecule has 7 heterocycles. The van der Waals surface area contributed by atoms with E-state index in [4.69, 9.17) is 0 Å². The average Bonchev–Trinajstić information content (AvgIpc) is 1.62. The second kappa shape index (κ2) is 24.4. The Kier molecular flexibility index (Phi) is 14.7. The van der Waals surface area contributed by atoms with E-state index in [0.717, 1.165) is 151 Å². The number of amides is 6. The molecule has 0 radical (unpaired) electrons. The van der Waals surface area contributed by atoms with Crippen molar-refractivity contribution in [3.63, 3.8) is 0 Å². The van der Waals surface area contributed by atoms with Crippen LogP contribution < -0.4 is 31.1 Å². The summed E-state index contributed by atoms with van der Waals surface area (Å²) in [5.74, 6) is -1.88. The molecule has 0 unspecified atom stereocenters. The Balaban J connectivity index is 0.803. The lowest BCUT2D eigenvalue weighted by molar-refractivity contribution is 0.0627. The molecule has 0 saturated carbocycles. The van der Waals surface area contributed by atoms with Crippen LogP contribution in [0.2, 0.25) is 0 Å². The Morgan fingerprint density at radius 1 is 0.290 bits per heavy atom. The first-order valence-electron chi connectivity index (χ1n) is 36.2. The third kappa shape index (κ3) is 9.86. The number of rotatable bonds is 15. The standard InChI is InChI=1S/C92H69BN8O6/c1-53-20-32-63(33-21-53)99(64-34-22-54(2)23-35-64)69-48-80-84-81(49-69)98-59(7)57(5)83-79(101(67-40-28-61(29-41-67)51-95-89(104)72-16-10-11-17-73(72)90(95)105)68-42-30-62(31-43-68)52-96-91(106)74-18-12-13-19-75(74)92(96)107)47-45-77(86(83)98)93(84)76-44-46-78(82-56(4)58(6)97(80)85(76)82)100(65-36-24-55(3)25-37-65)66-38-26-60(27-39-66)50-94-87(102)70-14-8-9-15-71(70)88(94)103/h8-49H,50-52H2,1-7H3. The van der Waals surface area contributed by atoms with E-state index in [2.05, 4.69) is 194 Å². The topological polar surface area (TPSA) is 132 Å². The monoisotopic (exact) mass is 1390 g/mol. The minimum absolute atomic E-state index is 0.0897. The quantitative estimate of drug-likeness (QED) is 0.0727. The van der Waals surface area contributed by atoms with Crippen LogP contribution in [0, 0.1) is 48.5 Å². The van der Waals surface area contributed by atoms with Crippen molar-refractivity contribution in [2.45, 2.75) is 68.1 Å². The first-order valence-corrected chi connectivity index (χ1v) is 36.2. The fourth-order valence-electron chi connectivity index (χ4n) is 17.1. The van der Waals surface area contributed by atoms with E-state index in [1.807, 2.05) is 60.7 Å². The predicted molar refractivity (Wildman–Crippen MR) is 424 cm³/mol. The maximum atomic E-state index is 13.8.